The van der Waals surface area contributed by atoms with Gasteiger partial charge in [0.2, 0.25) is 0 Å². The van der Waals surface area contributed by atoms with Gasteiger partial charge in [-0.05, 0) is 0 Å². The SMILES string of the molecule is O=C(O)CN=S(=O)=O.[H-].[K+]. The number of carbonyl (C=O) groups is 1. The Kier molecular flexibility index (Phi) is 9.43. The molecule has 0 saturated heterocycles. The van der Waals surface area contributed by atoms with Gasteiger partial charge in [-0.25, -0.2) is 0 Å². The third kappa shape index (κ3) is 12.0. The summed E-state index contributed by atoms with van der Waals surface area (Å²) in [5, 5.41) is 7.80. The van der Waals surface area contributed by atoms with E-state index in [1.165, 1.54) is 0 Å². The van der Waals surface area contributed by atoms with E-state index < -0.39 is 23.0 Å². The first-order chi connectivity index (χ1) is 3.63. The van der Waals surface area contributed by atoms with Gasteiger partial charge in [0, 0.05) is 0 Å². The first kappa shape index (κ1) is 12.4. The van der Waals surface area contributed by atoms with Crippen molar-refractivity contribution in [1.82, 2.24) is 0 Å². The summed E-state index contributed by atoms with van der Waals surface area (Å²) >= 11 is 0. The van der Waals surface area contributed by atoms with Crippen LogP contribution in [0.25, 0.3) is 0 Å². The summed E-state index contributed by atoms with van der Waals surface area (Å²) in [6, 6.07) is 0. The van der Waals surface area contributed by atoms with E-state index >= 15 is 0 Å². The molecule has 0 amide bonds. The van der Waals surface area contributed by atoms with Gasteiger partial charge in [0.05, 0.1) is 0 Å². The molecule has 0 unspecified atom stereocenters. The molecule has 48 valence electrons. The van der Waals surface area contributed by atoms with Crippen molar-refractivity contribution in [1.29, 1.82) is 0 Å². The van der Waals surface area contributed by atoms with Crippen molar-refractivity contribution in [3.63, 3.8) is 0 Å². The second kappa shape index (κ2) is 6.84. The van der Waals surface area contributed by atoms with Crippen LogP contribution >= 0.6 is 0 Å². The molecule has 0 aromatic rings. The number of nitrogens with zero attached hydrogens (tertiary/aromatic N) is 1. The van der Waals surface area contributed by atoms with Crippen LogP contribution in [-0.2, 0) is 15.3 Å². The molecule has 9 heavy (non-hydrogen) atoms. The maximum atomic E-state index is 9.54. The number of hydrogen-bond donors (Lipinski definition) is 1. The summed E-state index contributed by atoms with van der Waals surface area (Å²) < 4.78 is 21.6. The Balaban J connectivity index is -0.000000245. The van der Waals surface area contributed by atoms with Crippen LogP contribution in [0.3, 0.4) is 0 Å². The van der Waals surface area contributed by atoms with Gasteiger partial charge in [0.1, 0.15) is 0 Å². The Morgan fingerprint density at radius 1 is 1.67 bits per heavy atom. The minimum absolute atomic E-state index is 0. The summed E-state index contributed by atoms with van der Waals surface area (Å²) in [6.07, 6.45) is 0. The molecule has 0 rings (SSSR count). The molecule has 0 aromatic heterocycles. The van der Waals surface area contributed by atoms with Crippen LogP contribution in [-0.4, -0.2) is 26.0 Å². The van der Waals surface area contributed by atoms with E-state index in [0.717, 1.165) is 0 Å². The first-order valence-corrected chi connectivity index (χ1v) is 2.65. The van der Waals surface area contributed by atoms with Gasteiger partial charge >= 0.3 is 67.9 Å². The van der Waals surface area contributed by atoms with Crippen molar-refractivity contribution >= 4 is 16.5 Å². The number of rotatable bonds is 2. The molecule has 1 N–H and O–H groups in total. The van der Waals surface area contributed by atoms with Gasteiger partial charge in [0.25, 0.3) is 0 Å². The molecule has 0 bridgehead atoms. The molecule has 0 aliphatic rings. The summed E-state index contributed by atoms with van der Waals surface area (Å²) in [6.45, 7) is -0.684. The van der Waals surface area contributed by atoms with E-state index in [1.807, 2.05) is 0 Å². The van der Waals surface area contributed by atoms with Crippen LogP contribution in [0.4, 0.5) is 0 Å². The van der Waals surface area contributed by atoms with Crippen molar-refractivity contribution < 1.29 is 71.1 Å². The van der Waals surface area contributed by atoms with Crippen molar-refractivity contribution in [3.8, 4) is 0 Å². The van der Waals surface area contributed by atoms with Crippen LogP contribution in [0, 0.1) is 0 Å². The second-order valence-electron chi connectivity index (χ2n) is 0.898. The molecular formula is C2H4KNO4S. The maximum absolute atomic E-state index is 9.54. The van der Waals surface area contributed by atoms with E-state index in [4.69, 9.17) is 5.11 Å². The molecule has 0 fully saturated rings. The Labute approximate surface area is 97.1 Å². The Morgan fingerprint density at radius 3 is 2.22 bits per heavy atom. The zero-order chi connectivity index (χ0) is 6.57. The van der Waals surface area contributed by atoms with Gasteiger partial charge < -0.3 is 6.53 Å². The number of carboxylic acid groups (broad SMARTS) is 1. The third-order valence-electron chi connectivity index (χ3n) is 0.305. The molecule has 7 heteroatoms. The second-order valence-corrected chi connectivity index (χ2v) is 1.59. The van der Waals surface area contributed by atoms with Gasteiger partial charge in [0.15, 0.2) is 6.54 Å². The molecule has 0 aromatic carbocycles. The van der Waals surface area contributed by atoms with Crippen LogP contribution < -0.4 is 51.4 Å². The first-order valence-electron chi connectivity index (χ1n) is 1.61. The maximum Gasteiger partial charge on any atom is 1.00 e. The Bertz CT molecular complexity index is 203. The Morgan fingerprint density at radius 2 is 2.11 bits per heavy atom. The smallest absolute Gasteiger partial charge is 1.00 e. The fourth-order valence-electron chi connectivity index (χ4n) is 0.108. The van der Waals surface area contributed by atoms with Gasteiger partial charge in [-0.2, -0.15) is 12.8 Å². The number of hydrogen-bond acceptors (Lipinski definition) is 4. The summed E-state index contributed by atoms with van der Waals surface area (Å²) in [7, 11) is -2.59. The standard InChI is InChI=1S/C2H3NO4S.K.H/c4-2(5)1-3-8(6)7;;/h1H2,(H,4,5);;/q;+1;-1. The van der Waals surface area contributed by atoms with Crippen LogP contribution in [0.2, 0.25) is 0 Å². The molecule has 0 radical (unpaired) electrons. The molecule has 0 heterocycles. The fourth-order valence-corrected chi connectivity index (χ4v) is 0.324. The zero-order valence-electron chi connectivity index (χ0n) is 5.73. The summed E-state index contributed by atoms with van der Waals surface area (Å²) in [5.74, 6) is -1.26. The number of aliphatic carboxylic acids is 1. The number of carboxylic acids is 1. The van der Waals surface area contributed by atoms with Gasteiger partial charge in [-0.15, -0.1) is 0 Å². The minimum atomic E-state index is -2.59. The van der Waals surface area contributed by atoms with Crippen molar-refractivity contribution in [2.75, 3.05) is 6.54 Å². The predicted molar refractivity (Wildman–Crippen MR) is 25.0 cm³/mol. The van der Waals surface area contributed by atoms with E-state index in [-0.39, 0.29) is 52.8 Å². The Hall–Kier alpha value is 0.726. The molecule has 0 aliphatic carbocycles. The van der Waals surface area contributed by atoms with Crippen molar-refractivity contribution in [2.24, 2.45) is 4.36 Å². The summed E-state index contributed by atoms with van der Waals surface area (Å²) in [4.78, 5) is 9.54. The molecule has 0 atom stereocenters. The predicted octanol–water partition coefficient (Wildman–Crippen LogP) is -3.75. The van der Waals surface area contributed by atoms with Crippen molar-refractivity contribution in [3.05, 3.63) is 0 Å². The minimum Gasteiger partial charge on any atom is -1.00 e. The quantitative estimate of drug-likeness (QED) is 0.439. The molecule has 0 spiro atoms. The monoisotopic (exact) mass is 177 g/mol. The molecule has 5 nitrogen and oxygen atoms in total. The molecule has 0 aliphatic heterocycles. The largest absolute Gasteiger partial charge is 1.00 e. The fraction of sp³-hybridized carbons (Fsp3) is 0.500. The van der Waals surface area contributed by atoms with Crippen molar-refractivity contribution in [2.45, 2.75) is 0 Å². The normalized spacial score (nSPS) is 7.11. The molecular weight excluding hydrogens is 173 g/mol. The van der Waals surface area contributed by atoms with Gasteiger partial charge in [-0.3, -0.25) is 4.79 Å². The topological polar surface area (TPSA) is 83.8 Å². The van der Waals surface area contributed by atoms with Gasteiger partial charge in [-0.1, -0.05) is 0 Å². The van der Waals surface area contributed by atoms with Crippen LogP contribution in [0.15, 0.2) is 4.36 Å². The van der Waals surface area contributed by atoms with E-state index in [1.54, 1.807) is 0 Å². The van der Waals surface area contributed by atoms with E-state index in [2.05, 4.69) is 4.36 Å². The van der Waals surface area contributed by atoms with Crippen LogP contribution in [0.1, 0.15) is 1.43 Å². The summed E-state index contributed by atoms with van der Waals surface area (Å²) in [5.41, 5.74) is 0. The third-order valence-corrected chi connectivity index (χ3v) is 0.645. The molecule has 0 saturated carbocycles. The average Bonchev–Trinajstić information content (AvgIpc) is 1.61. The zero-order valence-corrected chi connectivity index (χ0v) is 8.67. The van der Waals surface area contributed by atoms with E-state index in [0.29, 0.717) is 0 Å². The average molecular weight is 177 g/mol. The van der Waals surface area contributed by atoms with Crippen LogP contribution in [0.5, 0.6) is 0 Å². The van der Waals surface area contributed by atoms with E-state index in [9.17, 15) is 13.2 Å².